The standard InChI is InChI=1S/C25H26O7/c1-5-12(2)19(27)17-20(28)16-14(13-9-7-6-8-10-13)11-15(26)31-22(16)18-21(29)24(25(3,4)30)32-23(17)18/h6-12,21,24,28-30H,5H2,1-4H3. The van der Waals surface area contributed by atoms with Crippen LogP contribution in [0.1, 0.15) is 56.1 Å². The van der Waals surface area contributed by atoms with Gasteiger partial charge in [0.1, 0.15) is 23.2 Å². The summed E-state index contributed by atoms with van der Waals surface area (Å²) in [6.45, 7) is 6.53. The van der Waals surface area contributed by atoms with Crippen LogP contribution >= 0.6 is 0 Å². The Morgan fingerprint density at radius 1 is 1.22 bits per heavy atom. The van der Waals surface area contributed by atoms with Gasteiger partial charge in [0.15, 0.2) is 17.5 Å². The highest BCUT2D eigenvalue weighted by molar-refractivity contribution is 6.12. The number of ketones is 1. The fraction of sp³-hybridized carbons (Fsp3) is 0.360. The number of aromatic hydroxyl groups is 1. The first-order chi connectivity index (χ1) is 15.1. The number of benzene rings is 2. The fourth-order valence-corrected chi connectivity index (χ4v) is 4.16. The molecule has 2 heterocycles. The third kappa shape index (κ3) is 3.38. The first-order valence-corrected chi connectivity index (χ1v) is 10.6. The second-order valence-corrected chi connectivity index (χ2v) is 8.83. The highest BCUT2D eigenvalue weighted by Crippen LogP contribution is 2.52. The van der Waals surface area contributed by atoms with Crippen LogP contribution in [0.15, 0.2) is 45.6 Å². The van der Waals surface area contributed by atoms with E-state index < -0.39 is 29.4 Å². The van der Waals surface area contributed by atoms with Crippen molar-refractivity contribution in [1.82, 2.24) is 0 Å². The number of ether oxygens (including phenoxy) is 1. The van der Waals surface area contributed by atoms with Crippen LogP contribution < -0.4 is 10.4 Å². The van der Waals surface area contributed by atoms with Crippen molar-refractivity contribution in [3.8, 4) is 22.6 Å². The van der Waals surface area contributed by atoms with Crippen molar-refractivity contribution < 1.29 is 29.3 Å². The third-order valence-corrected chi connectivity index (χ3v) is 6.07. The number of hydrogen-bond acceptors (Lipinski definition) is 7. The van der Waals surface area contributed by atoms with Gasteiger partial charge in [0.25, 0.3) is 0 Å². The highest BCUT2D eigenvalue weighted by atomic mass is 16.5. The van der Waals surface area contributed by atoms with Gasteiger partial charge in [-0.05, 0) is 25.8 Å². The number of fused-ring (bicyclic) bond motifs is 3. The molecule has 0 fully saturated rings. The molecule has 1 aliphatic heterocycles. The molecule has 0 bridgehead atoms. The van der Waals surface area contributed by atoms with Gasteiger partial charge in [0, 0.05) is 17.5 Å². The molecule has 0 saturated heterocycles. The molecule has 7 heteroatoms. The molecule has 1 aliphatic rings. The summed E-state index contributed by atoms with van der Waals surface area (Å²) in [6, 6.07) is 10.2. The van der Waals surface area contributed by atoms with E-state index in [0.29, 0.717) is 17.5 Å². The Balaban J connectivity index is 2.16. The number of phenolic OH excluding ortho intramolecular Hbond substituents is 1. The monoisotopic (exact) mass is 438 g/mol. The molecule has 168 valence electrons. The summed E-state index contributed by atoms with van der Waals surface area (Å²) >= 11 is 0. The average molecular weight is 438 g/mol. The number of phenols is 1. The molecule has 3 unspecified atom stereocenters. The molecular formula is C25H26O7. The maximum Gasteiger partial charge on any atom is 0.336 e. The first kappa shape index (κ1) is 22.0. The van der Waals surface area contributed by atoms with Crippen LogP contribution in [0.4, 0.5) is 0 Å². The van der Waals surface area contributed by atoms with Gasteiger partial charge in [-0.1, -0.05) is 44.2 Å². The van der Waals surface area contributed by atoms with Crippen molar-refractivity contribution in [1.29, 1.82) is 0 Å². The molecule has 1 aromatic heterocycles. The largest absolute Gasteiger partial charge is 0.506 e. The molecule has 2 aromatic carbocycles. The molecule has 0 aliphatic carbocycles. The summed E-state index contributed by atoms with van der Waals surface area (Å²) in [6.07, 6.45) is -1.99. The molecule has 0 radical (unpaired) electrons. The van der Waals surface area contributed by atoms with E-state index >= 15 is 0 Å². The minimum absolute atomic E-state index is 0.0618. The van der Waals surface area contributed by atoms with Crippen LogP contribution in [-0.4, -0.2) is 32.8 Å². The predicted molar refractivity (Wildman–Crippen MR) is 119 cm³/mol. The number of carbonyl (C=O) groups excluding carboxylic acids is 1. The molecule has 7 nitrogen and oxygen atoms in total. The van der Waals surface area contributed by atoms with Crippen molar-refractivity contribution in [2.75, 3.05) is 0 Å². The summed E-state index contributed by atoms with van der Waals surface area (Å²) in [5.41, 5.74) is -1.23. The summed E-state index contributed by atoms with van der Waals surface area (Å²) in [5.74, 6) is -1.24. The van der Waals surface area contributed by atoms with E-state index in [1.165, 1.54) is 19.9 Å². The Morgan fingerprint density at radius 3 is 2.47 bits per heavy atom. The lowest BCUT2D eigenvalue weighted by Crippen LogP contribution is -2.41. The second-order valence-electron chi connectivity index (χ2n) is 8.83. The molecule has 0 saturated carbocycles. The van der Waals surface area contributed by atoms with Crippen LogP contribution in [0.3, 0.4) is 0 Å². The van der Waals surface area contributed by atoms with Gasteiger partial charge in [-0.2, -0.15) is 0 Å². The zero-order valence-corrected chi connectivity index (χ0v) is 18.4. The van der Waals surface area contributed by atoms with Gasteiger partial charge < -0.3 is 24.5 Å². The zero-order valence-electron chi connectivity index (χ0n) is 18.4. The van der Waals surface area contributed by atoms with E-state index in [4.69, 9.17) is 9.15 Å². The van der Waals surface area contributed by atoms with Crippen molar-refractivity contribution >= 4 is 16.8 Å². The number of aliphatic hydroxyl groups is 2. The fourth-order valence-electron chi connectivity index (χ4n) is 4.16. The van der Waals surface area contributed by atoms with E-state index in [0.717, 1.165) is 0 Å². The Morgan fingerprint density at radius 2 is 1.88 bits per heavy atom. The van der Waals surface area contributed by atoms with Gasteiger partial charge in [-0.3, -0.25) is 4.79 Å². The lowest BCUT2D eigenvalue weighted by molar-refractivity contribution is -0.0763. The molecule has 0 amide bonds. The maximum atomic E-state index is 13.3. The van der Waals surface area contributed by atoms with Crippen LogP contribution in [0.2, 0.25) is 0 Å². The summed E-state index contributed by atoms with van der Waals surface area (Å²) < 4.78 is 11.3. The number of Topliss-reactive ketones (excluding diaryl/α,β-unsaturated/α-hetero) is 1. The molecule has 32 heavy (non-hydrogen) atoms. The van der Waals surface area contributed by atoms with Crippen molar-refractivity contribution in [3.05, 3.63) is 57.9 Å². The van der Waals surface area contributed by atoms with Crippen LogP contribution in [-0.2, 0) is 0 Å². The Kier molecular flexibility index (Phi) is 5.35. The molecule has 3 aromatic rings. The second kappa shape index (κ2) is 7.76. The molecule has 3 atom stereocenters. The van der Waals surface area contributed by atoms with E-state index in [2.05, 4.69) is 0 Å². The Labute approximate surface area is 184 Å². The minimum atomic E-state index is -1.48. The molecule has 3 N–H and O–H groups in total. The highest BCUT2D eigenvalue weighted by Gasteiger charge is 2.47. The molecule has 4 rings (SSSR count). The van der Waals surface area contributed by atoms with Crippen molar-refractivity contribution in [2.24, 2.45) is 5.92 Å². The SMILES string of the molecule is CCC(C)C(=O)c1c2c(c3oc(=O)cc(-c4ccccc4)c3c1O)C(O)C(C(C)(C)O)O2. The van der Waals surface area contributed by atoms with E-state index in [1.807, 2.05) is 13.0 Å². The van der Waals surface area contributed by atoms with E-state index in [1.54, 1.807) is 31.2 Å². The average Bonchev–Trinajstić information content (AvgIpc) is 3.10. The third-order valence-electron chi connectivity index (χ3n) is 6.07. The molecular weight excluding hydrogens is 412 g/mol. The van der Waals surface area contributed by atoms with Gasteiger partial charge in [0.2, 0.25) is 0 Å². The van der Waals surface area contributed by atoms with Gasteiger partial charge >= 0.3 is 5.63 Å². The van der Waals surface area contributed by atoms with Gasteiger partial charge in [-0.25, -0.2) is 4.79 Å². The summed E-state index contributed by atoms with van der Waals surface area (Å²) in [7, 11) is 0. The first-order valence-electron chi connectivity index (χ1n) is 10.6. The Bertz CT molecular complexity index is 1250. The minimum Gasteiger partial charge on any atom is -0.506 e. The van der Waals surface area contributed by atoms with Gasteiger partial charge in [0.05, 0.1) is 16.6 Å². The smallest absolute Gasteiger partial charge is 0.336 e. The van der Waals surface area contributed by atoms with E-state index in [9.17, 15) is 24.9 Å². The lowest BCUT2D eigenvalue weighted by atomic mass is 9.88. The number of hydrogen-bond donors (Lipinski definition) is 3. The lowest BCUT2D eigenvalue weighted by Gasteiger charge is -2.27. The number of rotatable bonds is 5. The number of aliphatic hydroxyl groups excluding tert-OH is 1. The van der Waals surface area contributed by atoms with Crippen LogP contribution in [0.5, 0.6) is 11.5 Å². The van der Waals surface area contributed by atoms with Gasteiger partial charge in [-0.15, -0.1) is 0 Å². The predicted octanol–water partition coefficient (Wildman–Crippen LogP) is 3.96. The molecule has 0 spiro atoms. The summed E-state index contributed by atoms with van der Waals surface area (Å²) in [4.78, 5) is 25.8. The summed E-state index contributed by atoms with van der Waals surface area (Å²) in [5, 5.41) is 33.1. The van der Waals surface area contributed by atoms with Crippen molar-refractivity contribution in [3.63, 3.8) is 0 Å². The van der Waals surface area contributed by atoms with Crippen LogP contribution in [0.25, 0.3) is 22.1 Å². The maximum absolute atomic E-state index is 13.3. The Hall–Kier alpha value is -3.16. The quantitative estimate of drug-likeness (QED) is 0.408. The zero-order chi connectivity index (χ0) is 23.4. The normalized spacial score (nSPS) is 18.9. The van der Waals surface area contributed by atoms with Crippen molar-refractivity contribution in [2.45, 2.75) is 51.9 Å². The van der Waals surface area contributed by atoms with E-state index in [-0.39, 0.29) is 39.4 Å². The topological polar surface area (TPSA) is 117 Å². The number of carbonyl (C=O) groups is 1. The van der Waals surface area contributed by atoms with Crippen LogP contribution in [0, 0.1) is 5.92 Å².